The number of benzene rings is 2. The first-order valence-electron chi connectivity index (χ1n) is 9.26. The van der Waals surface area contributed by atoms with Gasteiger partial charge in [-0.3, -0.25) is 14.7 Å². The highest BCUT2D eigenvalue weighted by molar-refractivity contribution is 8.00. The Morgan fingerprint density at radius 2 is 1.66 bits per heavy atom. The number of nitrogens with one attached hydrogen (secondary N) is 1. The predicted molar refractivity (Wildman–Crippen MR) is 113 cm³/mol. The molecule has 2 aromatic carbocycles. The molecule has 0 bridgehead atoms. The van der Waals surface area contributed by atoms with Crippen molar-refractivity contribution in [2.24, 2.45) is 11.7 Å². The number of aromatic nitrogens is 3. The van der Waals surface area contributed by atoms with E-state index in [1.54, 1.807) is 0 Å². The van der Waals surface area contributed by atoms with Crippen LogP contribution in [0.5, 0.6) is 0 Å². The van der Waals surface area contributed by atoms with Gasteiger partial charge in [-0.15, -0.1) is 10.2 Å². The molecule has 1 aromatic heterocycles. The Hall–Kier alpha value is -3.13. The van der Waals surface area contributed by atoms with Crippen molar-refractivity contribution >= 4 is 23.7 Å². The molecule has 1 heterocycles. The molecule has 1 atom stereocenters. The number of nitrogens with zero attached hydrogens (tertiary/aromatic N) is 3. The van der Waals surface area contributed by atoms with Crippen molar-refractivity contribution in [3.05, 3.63) is 72.1 Å². The number of para-hydroxylation sites is 1. The number of urea groups is 1. The zero-order valence-corrected chi connectivity index (χ0v) is 17.1. The van der Waals surface area contributed by atoms with Crippen LogP contribution in [0, 0.1) is 5.92 Å². The number of imide groups is 1. The summed E-state index contributed by atoms with van der Waals surface area (Å²) in [6, 6.07) is 18.9. The van der Waals surface area contributed by atoms with Gasteiger partial charge < -0.3 is 5.73 Å². The van der Waals surface area contributed by atoms with Gasteiger partial charge in [-0.1, -0.05) is 74.1 Å². The number of nitrogens with two attached hydrogens (primary N) is 1. The van der Waals surface area contributed by atoms with Crippen LogP contribution in [0.2, 0.25) is 0 Å². The molecule has 0 aliphatic heterocycles. The maximum Gasteiger partial charge on any atom is 0.318 e. The second-order valence-corrected chi connectivity index (χ2v) is 7.98. The van der Waals surface area contributed by atoms with E-state index in [0.29, 0.717) is 11.6 Å². The van der Waals surface area contributed by atoms with Crippen LogP contribution < -0.4 is 11.1 Å². The van der Waals surface area contributed by atoms with E-state index in [9.17, 15) is 9.59 Å². The maximum absolute atomic E-state index is 12.5. The van der Waals surface area contributed by atoms with Gasteiger partial charge in [-0.25, -0.2) is 4.79 Å². The highest BCUT2D eigenvalue weighted by Crippen LogP contribution is 2.30. The summed E-state index contributed by atoms with van der Waals surface area (Å²) in [6.45, 7) is 3.82. The topological polar surface area (TPSA) is 103 Å². The predicted octanol–water partition coefficient (Wildman–Crippen LogP) is 3.17. The van der Waals surface area contributed by atoms with E-state index in [0.717, 1.165) is 17.1 Å². The molecule has 0 radical (unpaired) electrons. The summed E-state index contributed by atoms with van der Waals surface area (Å²) in [5.41, 5.74) is 7.14. The summed E-state index contributed by atoms with van der Waals surface area (Å²) in [5, 5.41) is 11.0. The molecule has 1 unspecified atom stereocenters. The second kappa shape index (κ2) is 9.38. The number of amides is 3. The van der Waals surface area contributed by atoms with Crippen LogP contribution in [-0.2, 0) is 11.2 Å². The summed E-state index contributed by atoms with van der Waals surface area (Å²) in [7, 11) is 0. The van der Waals surface area contributed by atoms with Crippen LogP contribution in [-0.4, -0.2) is 32.0 Å². The molecule has 0 aliphatic rings. The smallest absolute Gasteiger partial charge is 0.318 e. The highest BCUT2D eigenvalue weighted by Gasteiger charge is 2.28. The summed E-state index contributed by atoms with van der Waals surface area (Å²) in [4.78, 5) is 23.6. The average Bonchev–Trinajstić information content (AvgIpc) is 3.09. The fourth-order valence-electron chi connectivity index (χ4n) is 2.90. The molecule has 3 rings (SSSR count). The van der Waals surface area contributed by atoms with E-state index in [1.807, 2.05) is 79.1 Å². The molecule has 0 saturated carbocycles. The van der Waals surface area contributed by atoms with Gasteiger partial charge in [0.25, 0.3) is 0 Å². The van der Waals surface area contributed by atoms with Gasteiger partial charge in [0.05, 0.1) is 5.25 Å². The Bertz CT molecular complexity index is 973. The lowest BCUT2D eigenvalue weighted by Gasteiger charge is -2.19. The van der Waals surface area contributed by atoms with Crippen LogP contribution in [0.15, 0.2) is 65.8 Å². The number of rotatable bonds is 7. The van der Waals surface area contributed by atoms with Gasteiger partial charge in [0.15, 0.2) is 5.16 Å². The van der Waals surface area contributed by atoms with Crippen LogP contribution in [0.3, 0.4) is 0 Å². The molecule has 0 aliphatic carbocycles. The number of carbonyl (C=O) groups is 2. The van der Waals surface area contributed by atoms with Gasteiger partial charge in [-0.05, 0) is 23.6 Å². The molecule has 150 valence electrons. The summed E-state index contributed by atoms with van der Waals surface area (Å²) in [6.07, 6.45) is 0.600. The molecule has 0 fully saturated rings. The Balaban J connectivity index is 1.97. The van der Waals surface area contributed by atoms with Crippen molar-refractivity contribution in [2.45, 2.75) is 30.7 Å². The second-order valence-electron chi connectivity index (χ2n) is 6.87. The standard InChI is InChI=1S/C21H23N5O2S/c1-14(2)18(19(27)23-20(22)28)29-21-25-24-17(13-15-9-5-3-6-10-15)26(21)16-11-7-4-8-12-16/h3-12,14,18H,13H2,1-2H3,(H3,22,23,27,28). The van der Waals surface area contributed by atoms with Crippen molar-refractivity contribution in [1.29, 1.82) is 0 Å². The zero-order valence-electron chi connectivity index (χ0n) is 16.3. The molecule has 3 N–H and O–H groups in total. The minimum atomic E-state index is -0.865. The van der Waals surface area contributed by atoms with Crippen LogP contribution in [0.25, 0.3) is 5.69 Å². The highest BCUT2D eigenvalue weighted by atomic mass is 32.2. The SMILES string of the molecule is CC(C)C(Sc1nnc(Cc2ccccc2)n1-c1ccccc1)C(=O)NC(N)=O. The number of hydrogen-bond donors (Lipinski definition) is 2. The first kappa shape index (κ1) is 20.6. The molecule has 0 spiro atoms. The molecule has 7 nitrogen and oxygen atoms in total. The molecule has 3 aromatic rings. The van der Waals surface area contributed by atoms with Crippen LogP contribution >= 0.6 is 11.8 Å². The van der Waals surface area contributed by atoms with Gasteiger partial charge in [-0.2, -0.15) is 0 Å². The van der Waals surface area contributed by atoms with Gasteiger partial charge in [0.2, 0.25) is 5.91 Å². The monoisotopic (exact) mass is 409 g/mol. The van der Waals surface area contributed by atoms with E-state index < -0.39 is 17.2 Å². The molecule has 8 heteroatoms. The normalized spacial score (nSPS) is 12.0. The Labute approximate surface area is 173 Å². The number of thioether (sulfide) groups is 1. The summed E-state index contributed by atoms with van der Waals surface area (Å²) < 4.78 is 1.95. The van der Waals surface area contributed by atoms with Crippen molar-refractivity contribution in [3.63, 3.8) is 0 Å². The summed E-state index contributed by atoms with van der Waals surface area (Å²) >= 11 is 1.27. The Morgan fingerprint density at radius 1 is 1.03 bits per heavy atom. The number of carbonyl (C=O) groups excluding carboxylic acids is 2. The van der Waals surface area contributed by atoms with Crippen molar-refractivity contribution in [3.8, 4) is 5.69 Å². The maximum atomic E-state index is 12.5. The third-order valence-corrected chi connectivity index (χ3v) is 5.75. The van der Waals surface area contributed by atoms with Gasteiger partial charge >= 0.3 is 6.03 Å². The molecule has 3 amide bonds. The van der Waals surface area contributed by atoms with E-state index in [-0.39, 0.29) is 5.92 Å². The largest absolute Gasteiger partial charge is 0.351 e. The van der Waals surface area contributed by atoms with Crippen molar-refractivity contribution in [2.75, 3.05) is 0 Å². The fourth-order valence-corrected chi connectivity index (χ4v) is 3.97. The lowest BCUT2D eigenvalue weighted by molar-refractivity contribution is -0.120. The fraction of sp³-hybridized carbons (Fsp3) is 0.238. The minimum absolute atomic E-state index is 0.0437. The van der Waals surface area contributed by atoms with E-state index in [2.05, 4.69) is 15.5 Å². The quantitative estimate of drug-likeness (QED) is 0.584. The van der Waals surface area contributed by atoms with Gasteiger partial charge in [0.1, 0.15) is 5.82 Å². The van der Waals surface area contributed by atoms with E-state index in [4.69, 9.17) is 5.73 Å². The molecular formula is C21H23N5O2S. The third-order valence-electron chi connectivity index (χ3n) is 4.26. The summed E-state index contributed by atoms with van der Waals surface area (Å²) in [5.74, 6) is 0.283. The van der Waals surface area contributed by atoms with E-state index in [1.165, 1.54) is 11.8 Å². The van der Waals surface area contributed by atoms with Crippen LogP contribution in [0.4, 0.5) is 4.79 Å². The average molecular weight is 410 g/mol. The lowest BCUT2D eigenvalue weighted by Crippen LogP contribution is -2.42. The molecular weight excluding hydrogens is 386 g/mol. The lowest BCUT2D eigenvalue weighted by atomic mass is 10.1. The van der Waals surface area contributed by atoms with Crippen molar-refractivity contribution < 1.29 is 9.59 Å². The molecule has 0 saturated heterocycles. The molecule has 29 heavy (non-hydrogen) atoms. The Kier molecular flexibility index (Phi) is 6.66. The zero-order chi connectivity index (χ0) is 20.8. The van der Waals surface area contributed by atoms with Crippen molar-refractivity contribution in [1.82, 2.24) is 20.1 Å². The Morgan fingerprint density at radius 3 is 2.24 bits per heavy atom. The first-order chi connectivity index (χ1) is 14.0. The van der Waals surface area contributed by atoms with Crippen LogP contribution in [0.1, 0.15) is 25.2 Å². The third kappa shape index (κ3) is 5.23. The van der Waals surface area contributed by atoms with E-state index >= 15 is 0 Å². The number of hydrogen-bond acceptors (Lipinski definition) is 5. The minimum Gasteiger partial charge on any atom is -0.351 e. The number of primary amides is 1. The van der Waals surface area contributed by atoms with Gasteiger partial charge in [0, 0.05) is 12.1 Å². The first-order valence-corrected chi connectivity index (χ1v) is 10.1.